The van der Waals surface area contributed by atoms with E-state index >= 15 is 0 Å². The Kier molecular flexibility index (Phi) is 2.87. The molecule has 0 atom stereocenters. The zero-order valence-corrected chi connectivity index (χ0v) is 11.0. The number of aromatic amines is 1. The fourth-order valence-electron chi connectivity index (χ4n) is 1.96. The number of hydrogen-bond donors (Lipinski definition) is 3. The lowest BCUT2D eigenvalue weighted by atomic mass is 10.2. The van der Waals surface area contributed by atoms with Crippen molar-refractivity contribution in [1.82, 2.24) is 19.9 Å². The second kappa shape index (κ2) is 4.71. The molecule has 1 aromatic carbocycles. The molecular formula is C12H11N7O2. The van der Waals surface area contributed by atoms with E-state index in [2.05, 4.69) is 25.3 Å². The molecular weight excluding hydrogens is 274 g/mol. The third kappa shape index (κ3) is 2.31. The van der Waals surface area contributed by atoms with Gasteiger partial charge in [0.05, 0.1) is 11.3 Å². The quantitative estimate of drug-likeness (QED) is 0.493. The molecule has 0 spiro atoms. The average Bonchev–Trinajstić information content (AvgIpc) is 2.88. The number of imidazole rings is 1. The van der Waals surface area contributed by atoms with Crippen LogP contribution in [-0.2, 0) is 0 Å². The van der Waals surface area contributed by atoms with Gasteiger partial charge in [0, 0.05) is 17.3 Å². The highest BCUT2D eigenvalue weighted by molar-refractivity contribution is 5.86. The third-order valence-electron chi connectivity index (χ3n) is 2.97. The summed E-state index contributed by atoms with van der Waals surface area (Å²) in [6, 6.07) is 4.83. The predicted octanol–water partition coefficient (Wildman–Crippen LogP) is 1.90. The van der Waals surface area contributed by atoms with Crippen molar-refractivity contribution in [1.29, 1.82) is 0 Å². The van der Waals surface area contributed by atoms with Gasteiger partial charge in [-0.3, -0.25) is 10.1 Å². The van der Waals surface area contributed by atoms with E-state index in [1.165, 1.54) is 12.4 Å². The minimum Gasteiger partial charge on any atom is -0.368 e. The number of fused-ring (bicyclic) bond motifs is 1. The second-order valence-corrected chi connectivity index (χ2v) is 4.41. The van der Waals surface area contributed by atoms with Crippen LogP contribution in [0.3, 0.4) is 0 Å². The third-order valence-corrected chi connectivity index (χ3v) is 2.97. The molecule has 0 aliphatic rings. The molecule has 3 rings (SSSR count). The molecule has 0 fully saturated rings. The van der Waals surface area contributed by atoms with Crippen LogP contribution in [0.4, 0.5) is 23.1 Å². The Morgan fingerprint density at radius 2 is 2.19 bits per heavy atom. The van der Waals surface area contributed by atoms with E-state index in [-0.39, 0.29) is 11.6 Å². The smallest absolute Gasteiger partial charge is 0.274 e. The number of nitro benzene ring substituents is 1. The summed E-state index contributed by atoms with van der Waals surface area (Å²) in [6.07, 6.45) is 1.47. The van der Waals surface area contributed by atoms with Crippen molar-refractivity contribution in [2.45, 2.75) is 6.92 Å². The zero-order valence-electron chi connectivity index (χ0n) is 11.0. The molecule has 2 aromatic heterocycles. The number of aromatic nitrogens is 4. The molecule has 0 amide bonds. The Bertz CT molecular complexity index is 843. The molecule has 2 heterocycles. The molecule has 0 saturated heterocycles. The van der Waals surface area contributed by atoms with Crippen molar-refractivity contribution >= 4 is 34.3 Å². The average molecular weight is 285 g/mol. The number of nitrogens with two attached hydrogens (primary N) is 1. The van der Waals surface area contributed by atoms with Gasteiger partial charge in [-0.1, -0.05) is 6.07 Å². The van der Waals surface area contributed by atoms with E-state index in [9.17, 15) is 10.1 Å². The number of benzene rings is 1. The van der Waals surface area contributed by atoms with Gasteiger partial charge in [-0.05, 0) is 13.0 Å². The van der Waals surface area contributed by atoms with E-state index in [0.29, 0.717) is 28.2 Å². The number of hydrogen-bond acceptors (Lipinski definition) is 7. The fourth-order valence-corrected chi connectivity index (χ4v) is 1.96. The Morgan fingerprint density at radius 1 is 1.38 bits per heavy atom. The number of rotatable bonds is 3. The normalized spacial score (nSPS) is 10.7. The molecule has 0 radical (unpaired) electrons. The molecule has 0 bridgehead atoms. The van der Waals surface area contributed by atoms with Gasteiger partial charge in [0.25, 0.3) is 5.69 Å². The van der Waals surface area contributed by atoms with E-state index in [1.54, 1.807) is 19.1 Å². The van der Waals surface area contributed by atoms with Crippen LogP contribution >= 0.6 is 0 Å². The Hall–Kier alpha value is -3.23. The van der Waals surface area contributed by atoms with Crippen molar-refractivity contribution in [3.8, 4) is 0 Å². The van der Waals surface area contributed by atoms with Gasteiger partial charge < -0.3 is 16.0 Å². The first-order valence-corrected chi connectivity index (χ1v) is 6.03. The lowest BCUT2D eigenvalue weighted by Gasteiger charge is -2.07. The Labute approximate surface area is 118 Å². The van der Waals surface area contributed by atoms with Crippen molar-refractivity contribution in [2.24, 2.45) is 0 Å². The zero-order chi connectivity index (χ0) is 15.0. The topological polar surface area (TPSA) is 136 Å². The van der Waals surface area contributed by atoms with Crippen molar-refractivity contribution in [3.05, 3.63) is 40.2 Å². The van der Waals surface area contributed by atoms with Crippen LogP contribution in [0.25, 0.3) is 11.2 Å². The largest absolute Gasteiger partial charge is 0.368 e. The van der Waals surface area contributed by atoms with Gasteiger partial charge in [-0.2, -0.15) is 9.97 Å². The van der Waals surface area contributed by atoms with Crippen LogP contribution in [-0.4, -0.2) is 24.9 Å². The summed E-state index contributed by atoms with van der Waals surface area (Å²) < 4.78 is 0. The molecule has 9 nitrogen and oxygen atoms in total. The minimum atomic E-state index is -0.430. The lowest BCUT2D eigenvalue weighted by Crippen LogP contribution is -2.02. The Morgan fingerprint density at radius 3 is 2.95 bits per heavy atom. The number of H-pyrrole nitrogens is 1. The molecule has 106 valence electrons. The SMILES string of the molecule is Cc1ccc(Nc2nc(N)nc3nc[nH]c23)cc1[N+](=O)[O-]. The van der Waals surface area contributed by atoms with Gasteiger partial charge in [-0.15, -0.1) is 0 Å². The maximum atomic E-state index is 11.0. The highest BCUT2D eigenvalue weighted by Crippen LogP contribution is 2.26. The molecule has 0 aliphatic heterocycles. The fraction of sp³-hybridized carbons (Fsp3) is 0.0833. The molecule has 3 aromatic rings. The first-order valence-electron chi connectivity index (χ1n) is 6.03. The van der Waals surface area contributed by atoms with E-state index < -0.39 is 4.92 Å². The molecule has 21 heavy (non-hydrogen) atoms. The number of nitrogens with one attached hydrogen (secondary N) is 2. The van der Waals surface area contributed by atoms with E-state index in [0.717, 1.165) is 0 Å². The van der Waals surface area contributed by atoms with Crippen LogP contribution < -0.4 is 11.1 Å². The number of nitro groups is 1. The van der Waals surface area contributed by atoms with Gasteiger partial charge in [0.1, 0.15) is 5.52 Å². The highest BCUT2D eigenvalue weighted by atomic mass is 16.6. The Balaban J connectivity index is 2.04. The number of anilines is 3. The summed E-state index contributed by atoms with van der Waals surface area (Å²) in [5.41, 5.74) is 7.76. The maximum Gasteiger partial charge on any atom is 0.274 e. The van der Waals surface area contributed by atoms with Gasteiger partial charge in [-0.25, -0.2) is 4.98 Å². The highest BCUT2D eigenvalue weighted by Gasteiger charge is 2.13. The van der Waals surface area contributed by atoms with Crippen LogP contribution in [0.15, 0.2) is 24.5 Å². The number of nitrogens with zero attached hydrogens (tertiary/aromatic N) is 4. The first kappa shape index (κ1) is 12.8. The van der Waals surface area contributed by atoms with Crippen LogP contribution in [0.5, 0.6) is 0 Å². The van der Waals surface area contributed by atoms with Gasteiger partial charge in [0.15, 0.2) is 11.5 Å². The van der Waals surface area contributed by atoms with Crippen LogP contribution in [0.1, 0.15) is 5.56 Å². The lowest BCUT2D eigenvalue weighted by molar-refractivity contribution is -0.385. The van der Waals surface area contributed by atoms with Crippen LogP contribution in [0, 0.1) is 17.0 Å². The molecule has 0 aliphatic carbocycles. The number of aryl methyl sites for hydroxylation is 1. The maximum absolute atomic E-state index is 11.0. The second-order valence-electron chi connectivity index (χ2n) is 4.41. The van der Waals surface area contributed by atoms with E-state index in [4.69, 9.17) is 5.73 Å². The summed E-state index contributed by atoms with van der Waals surface area (Å²) in [5, 5.41) is 14.0. The molecule has 0 saturated carbocycles. The standard InChI is InChI=1S/C12H11N7O2/c1-6-2-3-7(4-8(6)19(20)21)16-11-9-10(15-5-14-9)17-12(13)18-11/h2-5H,1H3,(H4,13,14,15,16,17,18). The summed E-state index contributed by atoms with van der Waals surface area (Å²) in [7, 11) is 0. The summed E-state index contributed by atoms with van der Waals surface area (Å²) in [5.74, 6) is 0.479. The minimum absolute atomic E-state index is 0.0304. The monoisotopic (exact) mass is 285 g/mol. The van der Waals surface area contributed by atoms with Crippen molar-refractivity contribution in [2.75, 3.05) is 11.1 Å². The van der Waals surface area contributed by atoms with Gasteiger partial charge in [0.2, 0.25) is 5.95 Å². The summed E-state index contributed by atoms with van der Waals surface area (Å²) in [6.45, 7) is 1.68. The van der Waals surface area contributed by atoms with Crippen molar-refractivity contribution < 1.29 is 4.92 Å². The van der Waals surface area contributed by atoms with Gasteiger partial charge >= 0.3 is 0 Å². The predicted molar refractivity (Wildman–Crippen MR) is 77.2 cm³/mol. The summed E-state index contributed by atoms with van der Waals surface area (Å²) >= 11 is 0. The van der Waals surface area contributed by atoms with Crippen molar-refractivity contribution in [3.63, 3.8) is 0 Å². The van der Waals surface area contributed by atoms with E-state index in [1.807, 2.05) is 0 Å². The molecule has 0 unspecified atom stereocenters. The number of nitrogen functional groups attached to an aromatic ring is 1. The molecule has 4 N–H and O–H groups in total. The molecule has 9 heteroatoms. The summed E-state index contributed by atoms with van der Waals surface area (Å²) in [4.78, 5) is 25.5. The van der Waals surface area contributed by atoms with Crippen LogP contribution in [0.2, 0.25) is 0 Å². The first-order chi connectivity index (χ1) is 10.0.